The molecule has 0 saturated carbocycles. The van der Waals surface area contributed by atoms with Gasteiger partial charge in [-0.25, -0.2) is 4.98 Å². The minimum absolute atomic E-state index is 0.0852. The fraction of sp³-hybridized carbons (Fsp3) is 0.321. The summed E-state index contributed by atoms with van der Waals surface area (Å²) in [5.74, 6) is 6.02. The summed E-state index contributed by atoms with van der Waals surface area (Å²) in [5.41, 5.74) is 7.34. The van der Waals surface area contributed by atoms with Gasteiger partial charge in [-0.3, -0.25) is 9.59 Å². The van der Waals surface area contributed by atoms with Crippen LogP contribution in [0.5, 0.6) is 0 Å². The highest BCUT2D eigenvalue weighted by Gasteiger charge is 2.18. The number of esters is 1. The lowest BCUT2D eigenvalue weighted by molar-refractivity contribution is -0.155. The number of carbonyl (C=O) groups excluding carboxylic acids is 2. The lowest BCUT2D eigenvalue weighted by Crippen LogP contribution is -2.24. The number of aromatic nitrogens is 1. The van der Waals surface area contributed by atoms with Crippen molar-refractivity contribution in [2.45, 2.75) is 58.2 Å². The van der Waals surface area contributed by atoms with Gasteiger partial charge in [0, 0.05) is 46.0 Å². The average Bonchev–Trinajstić information content (AvgIpc) is 2.80. The maximum absolute atomic E-state index is 12.5. The fourth-order valence-corrected chi connectivity index (χ4v) is 3.64. The molecule has 3 N–H and O–H groups in total. The molecular formula is C28H29ClN2O4. The molecule has 0 aliphatic carbocycles. The number of halogens is 1. The van der Waals surface area contributed by atoms with Crippen LogP contribution in [0.15, 0.2) is 48.7 Å². The molecule has 0 aliphatic heterocycles. The zero-order valence-electron chi connectivity index (χ0n) is 20.1. The first-order valence-electron chi connectivity index (χ1n) is 11.4. The third kappa shape index (κ3) is 7.81. The van der Waals surface area contributed by atoms with Crippen LogP contribution in [0.4, 0.5) is 5.82 Å². The van der Waals surface area contributed by atoms with Gasteiger partial charge in [0.2, 0.25) is 0 Å². The number of aliphatic hydroxyl groups excluding tert-OH is 1. The molecule has 1 atom stereocenters. The molecular weight excluding hydrogens is 464 g/mol. The van der Waals surface area contributed by atoms with E-state index in [4.69, 9.17) is 22.1 Å². The average molecular weight is 493 g/mol. The first-order chi connectivity index (χ1) is 16.5. The second-order valence-corrected chi connectivity index (χ2v) is 9.75. The second-order valence-electron chi connectivity index (χ2n) is 9.32. The Morgan fingerprint density at radius 3 is 2.46 bits per heavy atom. The molecule has 1 heterocycles. The van der Waals surface area contributed by atoms with Crippen molar-refractivity contribution in [1.82, 2.24) is 4.98 Å². The number of ether oxygens (including phenoxy) is 1. The van der Waals surface area contributed by atoms with E-state index < -0.39 is 11.7 Å². The molecule has 0 fully saturated rings. The summed E-state index contributed by atoms with van der Waals surface area (Å²) in [4.78, 5) is 28.5. The van der Waals surface area contributed by atoms with Gasteiger partial charge in [-0.2, -0.15) is 0 Å². The predicted molar refractivity (Wildman–Crippen MR) is 138 cm³/mol. The standard InChI is InChI=1S/C28H29ClN2O4/c1-28(2,3)35-26(34)15-12-22(32)11-14-25(33)19-7-4-18(5-8-19)6-13-23-24-16-21(29)10-9-20(24)17-31-27(23)30/h4-5,7-10,16-17,22,32H,11-12,14-15H2,1-3H3,(H2,30,31). The summed E-state index contributed by atoms with van der Waals surface area (Å²) in [5, 5.41) is 12.4. The van der Waals surface area contributed by atoms with Crippen molar-refractivity contribution < 1.29 is 19.4 Å². The SMILES string of the molecule is CC(C)(C)OC(=O)CCC(O)CCC(=O)c1ccc(C#Cc2c(N)ncc3ccc(Cl)cc23)cc1. The molecule has 2 aromatic carbocycles. The molecule has 7 heteroatoms. The largest absolute Gasteiger partial charge is 0.460 e. The summed E-state index contributed by atoms with van der Waals surface area (Å²) in [6.45, 7) is 5.38. The van der Waals surface area contributed by atoms with Crippen LogP contribution >= 0.6 is 11.6 Å². The Balaban J connectivity index is 1.59. The maximum atomic E-state index is 12.5. The summed E-state index contributed by atoms with van der Waals surface area (Å²) in [6, 6.07) is 12.4. The van der Waals surface area contributed by atoms with E-state index in [2.05, 4.69) is 16.8 Å². The number of hydrogen-bond donors (Lipinski definition) is 2. The number of pyridine rings is 1. The molecule has 3 rings (SSSR count). The van der Waals surface area contributed by atoms with E-state index in [1.165, 1.54) is 0 Å². The van der Waals surface area contributed by atoms with E-state index in [9.17, 15) is 14.7 Å². The molecule has 0 radical (unpaired) electrons. The zero-order valence-corrected chi connectivity index (χ0v) is 20.9. The van der Waals surface area contributed by atoms with E-state index in [0.717, 1.165) is 16.3 Å². The van der Waals surface area contributed by atoms with Gasteiger partial charge in [-0.05, 0) is 57.9 Å². The first-order valence-corrected chi connectivity index (χ1v) is 11.8. The van der Waals surface area contributed by atoms with Gasteiger partial charge in [0.15, 0.2) is 5.78 Å². The molecule has 1 aromatic heterocycles. The number of benzene rings is 2. The number of carbonyl (C=O) groups is 2. The number of fused-ring (bicyclic) bond motifs is 1. The molecule has 0 amide bonds. The Hall–Kier alpha value is -3.40. The van der Waals surface area contributed by atoms with Gasteiger partial charge in [-0.1, -0.05) is 41.6 Å². The van der Waals surface area contributed by atoms with Crippen molar-refractivity contribution >= 4 is 39.9 Å². The minimum atomic E-state index is -0.745. The Bertz CT molecular complexity index is 1280. The Morgan fingerprint density at radius 2 is 1.77 bits per heavy atom. The number of anilines is 1. The summed E-state index contributed by atoms with van der Waals surface area (Å²) < 4.78 is 5.23. The number of aliphatic hydroxyl groups is 1. The smallest absolute Gasteiger partial charge is 0.306 e. The van der Waals surface area contributed by atoms with Crippen molar-refractivity contribution in [3.05, 3.63) is 70.4 Å². The number of nitrogens with zero attached hydrogens (tertiary/aromatic N) is 1. The summed E-state index contributed by atoms with van der Waals surface area (Å²) in [6.07, 6.45) is 1.77. The Labute approximate surface area is 210 Å². The number of rotatable bonds is 7. The Kier molecular flexibility index (Phi) is 8.50. The molecule has 182 valence electrons. The topological polar surface area (TPSA) is 103 Å². The highest BCUT2D eigenvalue weighted by molar-refractivity contribution is 6.31. The highest BCUT2D eigenvalue weighted by atomic mass is 35.5. The molecule has 0 saturated heterocycles. The summed E-state index contributed by atoms with van der Waals surface area (Å²) >= 11 is 6.13. The number of nitrogen functional groups attached to an aromatic ring is 1. The number of hydrogen-bond acceptors (Lipinski definition) is 6. The van der Waals surface area contributed by atoms with E-state index in [-0.39, 0.29) is 37.4 Å². The van der Waals surface area contributed by atoms with Crippen LogP contribution < -0.4 is 5.73 Å². The van der Waals surface area contributed by atoms with Crippen molar-refractivity contribution in [2.24, 2.45) is 0 Å². The normalized spacial score (nSPS) is 12.0. The van der Waals surface area contributed by atoms with E-state index >= 15 is 0 Å². The van der Waals surface area contributed by atoms with Crippen molar-refractivity contribution in [3.8, 4) is 11.8 Å². The predicted octanol–water partition coefficient (Wildman–Crippen LogP) is 5.32. The highest BCUT2D eigenvalue weighted by Crippen LogP contribution is 2.25. The molecule has 35 heavy (non-hydrogen) atoms. The van der Waals surface area contributed by atoms with Gasteiger partial charge >= 0.3 is 5.97 Å². The van der Waals surface area contributed by atoms with Crippen LogP contribution in [-0.2, 0) is 9.53 Å². The van der Waals surface area contributed by atoms with Crippen molar-refractivity contribution in [1.29, 1.82) is 0 Å². The van der Waals surface area contributed by atoms with E-state index in [0.29, 0.717) is 22.0 Å². The number of nitrogens with two attached hydrogens (primary N) is 1. The van der Waals surface area contributed by atoms with Gasteiger partial charge < -0.3 is 15.6 Å². The van der Waals surface area contributed by atoms with Crippen LogP contribution in [0.1, 0.15) is 67.9 Å². The van der Waals surface area contributed by atoms with Gasteiger partial charge in [0.05, 0.1) is 11.7 Å². The number of Topliss-reactive ketones (excluding diaryl/α,β-unsaturated/α-hetero) is 1. The quantitative estimate of drug-likeness (QED) is 0.263. The second kappa shape index (κ2) is 11.4. The third-order valence-electron chi connectivity index (χ3n) is 5.23. The van der Waals surface area contributed by atoms with Crippen LogP contribution in [0.25, 0.3) is 10.8 Å². The van der Waals surface area contributed by atoms with E-state index in [1.54, 1.807) is 57.3 Å². The lowest BCUT2D eigenvalue weighted by Gasteiger charge is -2.20. The van der Waals surface area contributed by atoms with Crippen molar-refractivity contribution in [2.75, 3.05) is 5.73 Å². The molecule has 6 nitrogen and oxygen atoms in total. The van der Waals surface area contributed by atoms with Crippen LogP contribution in [0, 0.1) is 11.8 Å². The van der Waals surface area contributed by atoms with Gasteiger partial charge in [0.25, 0.3) is 0 Å². The first kappa shape index (κ1) is 26.2. The fourth-order valence-electron chi connectivity index (χ4n) is 3.47. The van der Waals surface area contributed by atoms with E-state index in [1.807, 2.05) is 12.1 Å². The minimum Gasteiger partial charge on any atom is -0.460 e. The van der Waals surface area contributed by atoms with Gasteiger partial charge in [-0.15, -0.1) is 0 Å². The van der Waals surface area contributed by atoms with Crippen LogP contribution in [-0.4, -0.2) is 33.5 Å². The Morgan fingerprint density at radius 1 is 1.09 bits per heavy atom. The molecule has 1 unspecified atom stereocenters. The van der Waals surface area contributed by atoms with Crippen LogP contribution in [0.3, 0.4) is 0 Å². The van der Waals surface area contributed by atoms with Crippen molar-refractivity contribution in [3.63, 3.8) is 0 Å². The molecule has 3 aromatic rings. The molecule has 0 bridgehead atoms. The lowest BCUT2D eigenvalue weighted by atomic mass is 10.0. The summed E-state index contributed by atoms with van der Waals surface area (Å²) in [7, 11) is 0. The maximum Gasteiger partial charge on any atom is 0.306 e. The molecule has 0 aliphatic rings. The third-order valence-corrected chi connectivity index (χ3v) is 5.46. The zero-order chi connectivity index (χ0) is 25.6. The monoisotopic (exact) mass is 492 g/mol. The van der Waals surface area contributed by atoms with Crippen LogP contribution in [0.2, 0.25) is 5.02 Å². The van der Waals surface area contributed by atoms with Gasteiger partial charge in [0.1, 0.15) is 11.4 Å². The number of ketones is 1. The molecule has 0 spiro atoms.